The van der Waals surface area contributed by atoms with Gasteiger partial charge in [0.15, 0.2) is 0 Å². The minimum absolute atomic E-state index is 0.341. The van der Waals surface area contributed by atoms with Gasteiger partial charge in [-0.3, -0.25) is 0 Å². The lowest BCUT2D eigenvalue weighted by molar-refractivity contribution is 0.602. The van der Waals surface area contributed by atoms with E-state index in [-0.39, 0.29) is 0 Å². The molecule has 56 valence electrons. The molecule has 0 bridgehead atoms. The number of rotatable bonds is 0. The Hall–Kier alpha value is -1.29. The normalized spacial score (nSPS) is 10.6. The van der Waals surface area contributed by atoms with Gasteiger partial charge >= 0.3 is 0 Å². The molecular formula is C6H4ClN3O. The Morgan fingerprint density at radius 2 is 2.27 bits per heavy atom. The zero-order valence-corrected chi connectivity index (χ0v) is 6.17. The molecule has 0 fully saturated rings. The number of nitrogen functional groups attached to an aromatic ring is 1. The van der Waals surface area contributed by atoms with Crippen molar-refractivity contribution in [3.63, 3.8) is 0 Å². The number of aromatic nitrogens is 2. The summed E-state index contributed by atoms with van der Waals surface area (Å²) in [4.78, 5) is 7.58. The molecule has 4 nitrogen and oxygen atoms in total. The van der Waals surface area contributed by atoms with Crippen LogP contribution in [0.2, 0.25) is 5.02 Å². The Morgan fingerprint density at radius 1 is 1.45 bits per heavy atom. The van der Waals surface area contributed by atoms with Crippen molar-refractivity contribution in [3.05, 3.63) is 17.6 Å². The fourth-order valence-electron chi connectivity index (χ4n) is 0.862. The first-order valence-corrected chi connectivity index (χ1v) is 3.30. The Labute approximate surface area is 67.0 Å². The SMILES string of the molecule is Nc1ncnc2occ(Cl)c12. The van der Waals surface area contributed by atoms with Crippen molar-refractivity contribution in [2.24, 2.45) is 0 Å². The molecule has 2 N–H and O–H groups in total. The van der Waals surface area contributed by atoms with Gasteiger partial charge in [0, 0.05) is 0 Å². The minimum atomic E-state index is 0.341. The van der Waals surface area contributed by atoms with Crippen LogP contribution in [-0.2, 0) is 0 Å². The molecule has 11 heavy (non-hydrogen) atoms. The third-order valence-electron chi connectivity index (χ3n) is 1.35. The molecule has 0 aliphatic heterocycles. The van der Waals surface area contributed by atoms with Crippen LogP contribution in [0.3, 0.4) is 0 Å². The average molecular weight is 170 g/mol. The Balaban J connectivity index is 2.96. The summed E-state index contributed by atoms with van der Waals surface area (Å²) in [5, 5.41) is 1.02. The molecule has 2 aromatic rings. The van der Waals surface area contributed by atoms with Crippen LogP contribution in [0.15, 0.2) is 17.0 Å². The highest BCUT2D eigenvalue weighted by Crippen LogP contribution is 2.26. The van der Waals surface area contributed by atoms with Crippen molar-refractivity contribution < 1.29 is 4.42 Å². The van der Waals surface area contributed by atoms with Crippen molar-refractivity contribution in [1.82, 2.24) is 9.97 Å². The predicted molar refractivity (Wildman–Crippen MR) is 41.2 cm³/mol. The molecule has 0 saturated carbocycles. The van der Waals surface area contributed by atoms with Gasteiger partial charge in [0.1, 0.15) is 23.8 Å². The number of halogens is 1. The summed E-state index contributed by atoms with van der Waals surface area (Å²) in [7, 11) is 0. The lowest BCUT2D eigenvalue weighted by Gasteiger charge is -1.90. The molecule has 0 spiro atoms. The summed E-state index contributed by atoms with van der Waals surface area (Å²) in [6.45, 7) is 0. The number of fused-ring (bicyclic) bond motifs is 1. The van der Waals surface area contributed by atoms with Crippen molar-refractivity contribution in [2.45, 2.75) is 0 Å². The van der Waals surface area contributed by atoms with Crippen LogP contribution in [0.5, 0.6) is 0 Å². The van der Waals surface area contributed by atoms with Crippen LogP contribution in [0, 0.1) is 0 Å². The standard InChI is InChI=1S/C6H4ClN3O/c7-3-1-11-6-4(3)5(8)9-2-10-6/h1-2H,(H2,8,9,10). The second kappa shape index (κ2) is 2.10. The fraction of sp³-hybridized carbons (Fsp3) is 0. The van der Waals surface area contributed by atoms with E-state index >= 15 is 0 Å². The monoisotopic (exact) mass is 169 g/mol. The molecule has 0 aliphatic rings. The maximum Gasteiger partial charge on any atom is 0.232 e. The third-order valence-corrected chi connectivity index (χ3v) is 1.63. The molecular weight excluding hydrogens is 166 g/mol. The zero-order valence-electron chi connectivity index (χ0n) is 5.41. The predicted octanol–water partition coefficient (Wildman–Crippen LogP) is 1.46. The molecule has 0 radical (unpaired) electrons. The van der Waals surface area contributed by atoms with E-state index in [1.54, 1.807) is 0 Å². The smallest absolute Gasteiger partial charge is 0.232 e. The van der Waals surface area contributed by atoms with Gasteiger partial charge in [-0.2, -0.15) is 0 Å². The van der Waals surface area contributed by atoms with Crippen LogP contribution in [0.4, 0.5) is 5.82 Å². The summed E-state index contributed by atoms with van der Waals surface area (Å²) in [5.74, 6) is 0.341. The van der Waals surface area contributed by atoms with Crippen LogP contribution >= 0.6 is 11.6 Å². The molecule has 0 atom stereocenters. The minimum Gasteiger partial charge on any atom is -0.444 e. The maximum atomic E-state index is 5.72. The molecule has 2 heterocycles. The van der Waals surface area contributed by atoms with Gasteiger partial charge in [-0.05, 0) is 0 Å². The first-order chi connectivity index (χ1) is 5.29. The van der Waals surface area contributed by atoms with Crippen molar-refractivity contribution >= 4 is 28.5 Å². The van der Waals surface area contributed by atoms with Crippen LogP contribution in [0.1, 0.15) is 0 Å². The van der Waals surface area contributed by atoms with Crippen LogP contribution in [0.25, 0.3) is 11.1 Å². The van der Waals surface area contributed by atoms with Crippen molar-refractivity contribution in [2.75, 3.05) is 5.73 Å². The molecule has 2 rings (SSSR count). The summed E-state index contributed by atoms with van der Waals surface area (Å²) < 4.78 is 4.97. The van der Waals surface area contributed by atoms with E-state index in [0.717, 1.165) is 0 Å². The lowest BCUT2D eigenvalue weighted by Crippen LogP contribution is -1.90. The topological polar surface area (TPSA) is 64.9 Å². The summed E-state index contributed by atoms with van der Waals surface area (Å²) >= 11 is 5.72. The van der Waals surface area contributed by atoms with Crippen molar-refractivity contribution in [1.29, 1.82) is 0 Å². The number of furan rings is 1. The summed E-state index contributed by atoms with van der Waals surface area (Å²) in [6.07, 6.45) is 2.72. The zero-order chi connectivity index (χ0) is 7.84. The quantitative estimate of drug-likeness (QED) is 0.649. The highest BCUT2D eigenvalue weighted by atomic mass is 35.5. The molecule has 0 aromatic carbocycles. The van der Waals surface area contributed by atoms with Gasteiger partial charge in [0.2, 0.25) is 5.71 Å². The van der Waals surface area contributed by atoms with Gasteiger partial charge in [-0.1, -0.05) is 11.6 Å². The van der Waals surface area contributed by atoms with E-state index in [2.05, 4.69) is 9.97 Å². The second-order valence-electron chi connectivity index (χ2n) is 2.02. The summed E-state index contributed by atoms with van der Waals surface area (Å²) in [6, 6.07) is 0. The van der Waals surface area contributed by atoms with Gasteiger partial charge in [-0.15, -0.1) is 0 Å². The van der Waals surface area contributed by atoms with Gasteiger partial charge in [-0.25, -0.2) is 9.97 Å². The maximum absolute atomic E-state index is 5.72. The van der Waals surface area contributed by atoms with Gasteiger partial charge in [0.05, 0.1) is 5.02 Å². The van der Waals surface area contributed by atoms with E-state index in [0.29, 0.717) is 21.9 Å². The molecule has 0 saturated heterocycles. The average Bonchev–Trinajstić information content (AvgIpc) is 2.34. The molecule has 0 unspecified atom stereocenters. The van der Waals surface area contributed by atoms with Crippen LogP contribution in [-0.4, -0.2) is 9.97 Å². The van der Waals surface area contributed by atoms with Gasteiger partial charge < -0.3 is 10.2 Å². The summed E-state index contributed by atoms with van der Waals surface area (Å²) in [5.41, 5.74) is 5.92. The first-order valence-electron chi connectivity index (χ1n) is 2.92. The number of nitrogens with two attached hydrogens (primary N) is 1. The Bertz CT molecular complexity index is 398. The number of nitrogens with zero attached hydrogens (tertiary/aromatic N) is 2. The van der Waals surface area contributed by atoms with E-state index in [1.165, 1.54) is 12.6 Å². The largest absolute Gasteiger partial charge is 0.444 e. The number of anilines is 1. The van der Waals surface area contributed by atoms with Gasteiger partial charge in [0.25, 0.3) is 0 Å². The Kier molecular flexibility index (Phi) is 1.22. The van der Waals surface area contributed by atoms with Crippen molar-refractivity contribution in [3.8, 4) is 0 Å². The third kappa shape index (κ3) is 0.832. The fourth-order valence-corrected chi connectivity index (χ4v) is 1.08. The molecule has 2 aromatic heterocycles. The molecule has 0 amide bonds. The van der Waals surface area contributed by atoms with Crippen LogP contribution < -0.4 is 5.73 Å². The second-order valence-corrected chi connectivity index (χ2v) is 2.43. The highest BCUT2D eigenvalue weighted by Gasteiger charge is 2.07. The number of hydrogen-bond acceptors (Lipinski definition) is 4. The first kappa shape index (κ1) is 6.42. The van der Waals surface area contributed by atoms with E-state index in [9.17, 15) is 0 Å². The van der Waals surface area contributed by atoms with E-state index < -0.39 is 0 Å². The Morgan fingerprint density at radius 3 is 3.00 bits per heavy atom. The van der Waals surface area contributed by atoms with E-state index in [4.69, 9.17) is 21.8 Å². The molecule has 0 aliphatic carbocycles. The highest BCUT2D eigenvalue weighted by molar-refractivity contribution is 6.36. The van der Waals surface area contributed by atoms with E-state index in [1.807, 2.05) is 0 Å². The molecule has 5 heteroatoms. The number of hydrogen-bond donors (Lipinski definition) is 1. The lowest BCUT2D eigenvalue weighted by atomic mass is 10.4.